The molecule has 0 aliphatic rings. The third-order valence-corrected chi connectivity index (χ3v) is 3.38. The molecule has 0 radical (unpaired) electrons. The minimum Gasteiger partial charge on any atom is -0.435 e. The van der Waals surface area contributed by atoms with E-state index in [0.29, 0.717) is 11.5 Å². The third-order valence-electron chi connectivity index (χ3n) is 2.65. The molecule has 0 saturated heterocycles. The molecule has 0 aliphatic carbocycles. The van der Waals surface area contributed by atoms with Gasteiger partial charge in [-0.1, -0.05) is 10.6 Å². The molecule has 1 aromatic carbocycles. The topological polar surface area (TPSA) is 55.3 Å². The average Bonchev–Trinajstić information content (AvgIpc) is 2.95. The number of benzene rings is 1. The Balaban J connectivity index is 2.25. The number of rotatable bonds is 5. The van der Waals surface area contributed by atoms with Gasteiger partial charge in [-0.25, -0.2) is 8.78 Å². The summed E-state index contributed by atoms with van der Waals surface area (Å²) in [5, 5.41) is 3.22. The van der Waals surface area contributed by atoms with Crippen LogP contribution in [0.15, 0.2) is 24.3 Å². The first kappa shape index (κ1) is 16.1. The highest BCUT2D eigenvalue weighted by Crippen LogP contribution is 2.27. The van der Waals surface area contributed by atoms with E-state index in [1.165, 1.54) is 31.3 Å². The van der Waals surface area contributed by atoms with Gasteiger partial charge in [-0.05, 0) is 23.7 Å². The van der Waals surface area contributed by atoms with E-state index in [-0.39, 0.29) is 16.3 Å². The van der Waals surface area contributed by atoms with Crippen molar-refractivity contribution < 1.29 is 27.1 Å². The van der Waals surface area contributed by atoms with E-state index in [2.05, 4.69) is 14.3 Å². The smallest absolute Gasteiger partial charge is 0.387 e. The molecule has 0 fully saturated rings. The lowest BCUT2D eigenvalue weighted by Gasteiger charge is -2.17. The first-order chi connectivity index (χ1) is 10.4. The number of ether oxygens (including phenoxy) is 1. The van der Waals surface area contributed by atoms with Gasteiger partial charge in [0, 0.05) is 18.8 Å². The van der Waals surface area contributed by atoms with Crippen molar-refractivity contribution in [1.29, 1.82) is 0 Å². The Morgan fingerprint density at radius 3 is 2.68 bits per heavy atom. The summed E-state index contributed by atoms with van der Waals surface area (Å²) >= 11 is 0.540. The van der Waals surface area contributed by atoms with Gasteiger partial charge in [-0.2, -0.15) is 8.78 Å². The van der Waals surface area contributed by atoms with Gasteiger partial charge in [0.05, 0.1) is 0 Å². The molecule has 0 saturated carbocycles. The van der Waals surface area contributed by atoms with Crippen LogP contribution in [0.2, 0.25) is 0 Å². The molecular weight excluding hydrogens is 326 g/mol. The van der Waals surface area contributed by atoms with Crippen LogP contribution in [0.4, 0.5) is 23.2 Å². The minimum absolute atomic E-state index is 0.149. The van der Waals surface area contributed by atoms with Crippen molar-refractivity contribution >= 4 is 23.1 Å². The van der Waals surface area contributed by atoms with Gasteiger partial charge >= 0.3 is 6.61 Å². The maximum Gasteiger partial charge on any atom is 0.387 e. The van der Waals surface area contributed by atoms with Crippen molar-refractivity contribution in [3.05, 3.63) is 34.8 Å². The number of nitrogens with zero attached hydrogens (tertiary/aromatic N) is 3. The monoisotopic (exact) mass is 335 g/mol. The minimum atomic E-state index is -3.01. The van der Waals surface area contributed by atoms with E-state index in [0.717, 1.165) is 4.90 Å². The number of carbonyl (C=O) groups is 1. The van der Waals surface area contributed by atoms with Gasteiger partial charge < -0.3 is 9.64 Å². The Labute approximate surface area is 126 Å². The van der Waals surface area contributed by atoms with Crippen LogP contribution in [0.1, 0.15) is 21.8 Å². The van der Waals surface area contributed by atoms with Crippen LogP contribution >= 0.6 is 11.5 Å². The van der Waals surface area contributed by atoms with Gasteiger partial charge in [-0.15, -0.1) is 5.10 Å². The van der Waals surface area contributed by atoms with E-state index in [9.17, 15) is 22.4 Å². The number of aromatic nitrogens is 2. The van der Waals surface area contributed by atoms with Crippen LogP contribution < -0.4 is 9.64 Å². The molecule has 0 aliphatic heterocycles. The van der Waals surface area contributed by atoms with Crippen molar-refractivity contribution in [1.82, 2.24) is 9.59 Å². The van der Waals surface area contributed by atoms with Crippen molar-refractivity contribution in [3.63, 3.8) is 0 Å². The Bertz CT molecular complexity index is 665. The molecule has 0 N–H and O–H groups in total. The van der Waals surface area contributed by atoms with Crippen LogP contribution in [0.25, 0.3) is 0 Å². The summed E-state index contributed by atoms with van der Waals surface area (Å²) in [6.45, 7) is -3.01. The summed E-state index contributed by atoms with van der Waals surface area (Å²) in [7, 11) is 1.32. The normalized spacial score (nSPS) is 11.0. The van der Waals surface area contributed by atoms with Crippen molar-refractivity contribution in [2.45, 2.75) is 13.0 Å². The molecule has 1 aromatic heterocycles. The fourth-order valence-electron chi connectivity index (χ4n) is 1.63. The Morgan fingerprint density at radius 1 is 1.32 bits per heavy atom. The number of alkyl halides is 4. The first-order valence-electron chi connectivity index (χ1n) is 5.83. The van der Waals surface area contributed by atoms with Gasteiger partial charge in [0.1, 0.15) is 10.6 Å². The number of amides is 1. The molecule has 22 heavy (non-hydrogen) atoms. The second kappa shape index (κ2) is 6.69. The molecule has 5 nitrogen and oxygen atoms in total. The summed E-state index contributed by atoms with van der Waals surface area (Å²) in [5.74, 6) is -0.914. The van der Waals surface area contributed by atoms with Crippen molar-refractivity contribution in [2.75, 3.05) is 11.9 Å². The number of carbonyl (C=O) groups excluding carboxylic acids is 1. The molecule has 1 heterocycles. The van der Waals surface area contributed by atoms with E-state index in [1.54, 1.807) is 0 Å². The highest BCUT2D eigenvalue weighted by Gasteiger charge is 2.26. The highest BCUT2D eigenvalue weighted by atomic mass is 32.1. The van der Waals surface area contributed by atoms with Crippen LogP contribution in [0, 0.1) is 0 Å². The van der Waals surface area contributed by atoms with Gasteiger partial charge in [0.25, 0.3) is 12.3 Å². The summed E-state index contributed by atoms with van der Waals surface area (Å²) in [5.41, 5.74) is -0.501. The zero-order chi connectivity index (χ0) is 16.3. The summed E-state index contributed by atoms with van der Waals surface area (Å²) in [6, 6.07) is 5.33. The van der Waals surface area contributed by atoms with E-state index >= 15 is 0 Å². The Hall–Kier alpha value is -2.23. The molecule has 10 heteroatoms. The Kier molecular flexibility index (Phi) is 4.91. The highest BCUT2D eigenvalue weighted by molar-refractivity contribution is 7.08. The fraction of sp³-hybridized carbons (Fsp3) is 0.250. The molecule has 0 bridgehead atoms. The molecule has 2 rings (SSSR count). The second-order valence-corrected chi connectivity index (χ2v) is 4.78. The van der Waals surface area contributed by atoms with Crippen LogP contribution in [0.3, 0.4) is 0 Å². The zero-order valence-corrected chi connectivity index (χ0v) is 11.9. The Morgan fingerprint density at radius 2 is 2.05 bits per heavy atom. The predicted molar refractivity (Wildman–Crippen MR) is 70.7 cm³/mol. The van der Waals surface area contributed by atoms with Crippen molar-refractivity contribution in [3.8, 4) is 5.75 Å². The maximum absolute atomic E-state index is 12.7. The average molecular weight is 335 g/mol. The van der Waals surface area contributed by atoms with E-state index in [1.807, 2.05) is 0 Å². The molecular formula is C12H9F4N3O2S. The van der Waals surface area contributed by atoms with E-state index in [4.69, 9.17) is 0 Å². The van der Waals surface area contributed by atoms with Gasteiger partial charge in [-0.3, -0.25) is 4.79 Å². The molecule has 0 spiro atoms. The molecule has 1 amide bonds. The number of hydrogen-bond acceptors (Lipinski definition) is 5. The van der Waals surface area contributed by atoms with Gasteiger partial charge in [0.2, 0.25) is 0 Å². The van der Waals surface area contributed by atoms with Crippen LogP contribution in [-0.4, -0.2) is 29.2 Å². The molecule has 118 valence electrons. The number of halogens is 4. The van der Waals surface area contributed by atoms with E-state index < -0.39 is 24.6 Å². The number of hydrogen-bond donors (Lipinski definition) is 0. The quantitative estimate of drug-likeness (QED) is 0.786. The van der Waals surface area contributed by atoms with Gasteiger partial charge in [0.15, 0.2) is 5.69 Å². The molecule has 0 unspecified atom stereocenters. The molecule has 0 atom stereocenters. The maximum atomic E-state index is 12.7. The lowest BCUT2D eigenvalue weighted by molar-refractivity contribution is -0.0498. The zero-order valence-electron chi connectivity index (χ0n) is 11.0. The number of anilines is 1. The lowest BCUT2D eigenvalue weighted by atomic mass is 10.2. The first-order valence-corrected chi connectivity index (χ1v) is 6.60. The standard InChI is InChI=1S/C12H9F4N3O2S/c1-19(6-3-2-4-7(5-6)21-12(15)16)11(20)9-8(10(13)14)17-18-22-9/h2-5,10,12H,1H3. The summed E-state index contributed by atoms with van der Waals surface area (Å²) < 4.78 is 57.4. The largest absolute Gasteiger partial charge is 0.435 e. The summed E-state index contributed by atoms with van der Waals surface area (Å²) in [6.07, 6.45) is -2.93. The lowest BCUT2D eigenvalue weighted by Crippen LogP contribution is -2.26. The fourth-order valence-corrected chi connectivity index (χ4v) is 2.28. The predicted octanol–water partition coefficient (Wildman–Crippen LogP) is 3.35. The third kappa shape index (κ3) is 3.50. The van der Waals surface area contributed by atoms with Crippen LogP contribution in [-0.2, 0) is 0 Å². The van der Waals surface area contributed by atoms with Crippen LogP contribution in [0.5, 0.6) is 5.75 Å². The molecule has 2 aromatic rings. The summed E-state index contributed by atoms with van der Waals surface area (Å²) in [4.78, 5) is 12.9. The van der Waals surface area contributed by atoms with Crippen molar-refractivity contribution in [2.24, 2.45) is 0 Å². The SMILES string of the molecule is CN(C(=O)c1snnc1C(F)F)c1cccc(OC(F)F)c1. The second-order valence-electron chi connectivity index (χ2n) is 4.03.